The fourth-order valence-corrected chi connectivity index (χ4v) is 3.04. The predicted molar refractivity (Wildman–Crippen MR) is 92.0 cm³/mol. The average molecular weight is 416 g/mol. The lowest BCUT2D eigenvalue weighted by atomic mass is 9.79. The van der Waals surface area contributed by atoms with Crippen LogP contribution in [0.3, 0.4) is 0 Å². The van der Waals surface area contributed by atoms with Crippen LogP contribution in [0.1, 0.15) is 28.9 Å². The molecule has 0 spiro atoms. The molecule has 3 N–H and O–H groups in total. The van der Waals surface area contributed by atoms with E-state index in [0.29, 0.717) is 0 Å². The highest BCUT2D eigenvalue weighted by Gasteiger charge is 2.64. The lowest BCUT2D eigenvalue weighted by molar-refractivity contribution is -0.145. The first-order chi connectivity index (χ1) is 13.6. The number of benzene rings is 1. The molecule has 0 saturated heterocycles. The van der Waals surface area contributed by atoms with Crippen molar-refractivity contribution in [2.45, 2.75) is 30.7 Å². The summed E-state index contributed by atoms with van der Waals surface area (Å²) in [6, 6.07) is 4.69. The van der Waals surface area contributed by atoms with E-state index in [9.17, 15) is 26.7 Å². The number of alkyl halides is 4. The van der Waals surface area contributed by atoms with E-state index < -0.39 is 65.4 Å². The molecular formula is C18H14F6N4O. The molecule has 1 aliphatic rings. The Labute approximate surface area is 160 Å². The highest BCUT2D eigenvalue weighted by atomic mass is 19.3. The summed E-state index contributed by atoms with van der Waals surface area (Å²) in [5.41, 5.74) is -0.170. The number of amides is 1. The minimum Gasteiger partial charge on any atom is -0.387 e. The summed E-state index contributed by atoms with van der Waals surface area (Å²) in [5.74, 6) is -7.78. The summed E-state index contributed by atoms with van der Waals surface area (Å²) in [4.78, 5) is 18.9. The second-order valence-electron chi connectivity index (χ2n) is 6.36. The lowest BCUT2D eigenvalue weighted by Gasteiger charge is -2.40. The van der Waals surface area contributed by atoms with E-state index in [1.54, 1.807) is 0 Å². The Kier molecular flexibility index (Phi) is 5.24. The number of rotatable bonds is 4. The van der Waals surface area contributed by atoms with Gasteiger partial charge in [0.1, 0.15) is 11.5 Å². The van der Waals surface area contributed by atoms with Crippen LogP contribution in [0, 0.1) is 11.6 Å². The number of aliphatic imine (C=N–C) groups is 1. The molecule has 5 nitrogen and oxygen atoms in total. The van der Waals surface area contributed by atoms with Crippen molar-refractivity contribution in [3.05, 3.63) is 59.4 Å². The van der Waals surface area contributed by atoms with Gasteiger partial charge in [-0.05, 0) is 18.2 Å². The molecule has 1 aliphatic heterocycles. The van der Waals surface area contributed by atoms with Crippen molar-refractivity contribution in [3.63, 3.8) is 0 Å². The average Bonchev–Trinajstić information content (AvgIpc) is 2.66. The van der Waals surface area contributed by atoms with Crippen molar-refractivity contribution in [1.82, 2.24) is 4.98 Å². The van der Waals surface area contributed by atoms with Gasteiger partial charge in [-0.25, -0.2) is 36.3 Å². The molecule has 3 rings (SSSR count). The van der Waals surface area contributed by atoms with Gasteiger partial charge in [0, 0.05) is 18.4 Å². The molecule has 1 atom stereocenters. The molecule has 1 aromatic heterocycles. The SMILES string of the molecule is NC1=N[C@@](c2cccc(NC(=O)c3ccc(F)cn3)c2F)(C(F)F)C(F)(F)CC1. The van der Waals surface area contributed by atoms with E-state index in [2.05, 4.69) is 15.3 Å². The van der Waals surface area contributed by atoms with Crippen LogP contribution in [0.25, 0.3) is 0 Å². The van der Waals surface area contributed by atoms with Crippen molar-refractivity contribution in [3.8, 4) is 0 Å². The number of carbonyl (C=O) groups is 1. The van der Waals surface area contributed by atoms with Crippen LogP contribution in [0.5, 0.6) is 0 Å². The van der Waals surface area contributed by atoms with Gasteiger partial charge in [0.2, 0.25) is 5.54 Å². The summed E-state index contributed by atoms with van der Waals surface area (Å²) in [7, 11) is 0. The molecule has 11 heteroatoms. The van der Waals surface area contributed by atoms with E-state index >= 15 is 4.39 Å². The fraction of sp³-hybridized carbons (Fsp3) is 0.278. The summed E-state index contributed by atoms with van der Waals surface area (Å²) in [5, 5.41) is 2.05. The maximum Gasteiger partial charge on any atom is 0.283 e. The van der Waals surface area contributed by atoms with Crippen LogP contribution in [0.4, 0.5) is 32.0 Å². The molecule has 154 valence electrons. The minimum atomic E-state index is -4.09. The maximum absolute atomic E-state index is 15.0. The highest BCUT2D eigenvalue weighted by molar-refractivity contribution is 6.03. The third kappa shape index (κ3) is 3.52. The normalized spacial score (nSPS) is 21.0. The number of aromatic nitrogens is 1. The second kappa shape index (κ2) is 7.37. The van der Waals surface area contributed by atoms with Crippen LogP contribution >= 0.6 is 0 Å². The Morgan fingerprint density at radius 2 is 1.90 bits per heavy atom. The molecule has 1 amide bonds. The van der Waals surface area contributed by atoms with Crippen LogP contribution in [-0.2, 0) is 5.54 Å². The second-order valence-corrected chi connectivity index (χ2v) is 6.36. The van der Waals surface area contributed by atoms with E-state index in [0.717, 1.165) is 36.5 Å². The van der Waals surface area contributed by atoms with Crippen LogP contribution in [-0.4, -0.2) is 29.1 Å². The number of nitrogens with two attached hydrogens (primary N) is 1. The van der Waals surface area contributed by atoms with Gasteiger partial charge < -0.3 is 11.1 Å². The zero-order chi connectivity index (χ0) is 21.4. The summed E-state index contributed by atoms with van der Waals surface area (Å²) in [6.07, 6.45) is -4.50. The van der Waals surface area contributed by atoms with Gasteiger partial charge in [0.25, 0.3) is 18.3 Å². The van der Waals surface area contributed by atoms with Gasteiger partial charge in [-0.3, -0.25) is 4.79 Å². The highest BCUT2D eigenvalue weighted by Crippen LogP contribution is 2.51. The van der Waals surface area contributed by atoms with Crippen molar-refractivity contribution in [1.29, 1.82) is 0 Å². The quantitative estimate of drug-likeness (QED) is 0.743. The van der Waals surface area contributed by atoms with Gasteiger partial charge in [0.15, 0.2) is 5.82 Å². The van der Waals surface area contributed by atoms with Crippen LogP contribution in [0.2, 0.25) is 0 Å². The van der Waals surface area contributed by atoms with Gasteiger partial charge in [-0.15, -0.1) is 0 Å². The molecule has 29 heavy (non-hydrogen) atoms. The predicted octanol–water partition coefficient (Wildman–Crippen LogP) is 3.86. The van der Waals surface area contributed by atoms with Crippen molar-refractivity contribution < 1.29 is 31.1 Å². The smallest absolute Gasteiger partial charge is 0.283 e. The lowest BCUT2D eigenvalue weighted by Crippen LogP contribution is -2.54. The van der Waals surface area contributed by atoms with E-state index in [-0.39, 0.29) is 5.69 Å². The standard InChI is InChI=1S/C18H14F6N4O/c19-9-4-5-12(26-8-9)15(29)27-11-3-1-2-10(14(11)20)18(16(21)22)17(23,24)7-6-13(25)28-18/h1-5,8,16H,6-7H2,(H2,25,28)(H,27,29)/t18-/m0/s1. The molecular weight excluding hydrogens is 402 g/mol. The first-order valence-corrected chi connectivity index (χ1v) is 8.30. The molecule has 2 heterocycles. The number of nitrogens with zero attached hydrogens (tertiary/aromatic N) is 2. The van der Waals surface area contributed by atoms with E-state index in [1.807, 2.05) is 0 Å². The molecule has 2 aromatic rings. The monoisotopic (exact) mass is 416 g/mol. The molecule has 1 aromatic carbocycles. The molecule has 0 fully saturated rings. The van der Waals surface area contributed by atoms with E-state index in [4.69, 9.17) is 5.73 Å². The topological polar surface area (TPSA) is 80.4 Å². The van der Waals surface area contributed by atoms with Gasteiger partial charge in [-0.2, -0.15) is 0 Å². The number of pyridine rings is 1. The number of anilines is 1. The number of hydrogen-bond acceptors (Lipinski definition) is 4. The number of carbonyl (C=O) groups excluding carboxylic acids is 1. The number of hydrogen-bond donors (Lipinski definition) is 2. The van der Waals surface area contributed by atoms with Gasteiger partial charge in [-0.1, -0.05) is 12.1 Å². The number of nitrogens with one attached hydrogen (secondary N) is 1. The minimum absolute atomic E-state index is 0.301. The zero-order valence-corrected chi connectivity index (χ0v) is 14.6. The number of amidine groups is 1. The van der Waals surface area contributed by atoms with Crippen molar-refractivity contribution >= 4 is 17.4 Å². The Bertz CT molecular complexity index is 963. The molecule has 0 aliphatic carbocycles. The van der Waals surface area contributed by atoms with Crippen LogP contribution in [0.15, 0.2) is 41.5 Å². The summed E-state index contributed by atoms with van der Waals surface area (Å²) in [6.45, 7) is 0. The summed E-state index contributed by atoms with van der Waals surface area (Å²) < 4.78 is 84.8. The van der Waals surface area contributed by atoms with Gasteiger partial charge in [0.05, 0.1) is 17.7 Å². The Morgan fingerprint density at radius 1 is 1.17 bits per heavy atom. The Hall–Kier alpha value is -3.11. The number of halogens is 6. The Morgan fingerprint density at radius 3 is 2.52 bits per heavy atom. The third-order valence-electron chi connectivity index (χ3n) is 4.51. The first kappa shape index (κ1) is 20.6. The third-order valence-corrected chi connectivity index (χ3v) is 4.51. The fourth-order valence-electron chi connectivity index (χ4n) is 3.04. The molecule has 0 bridgehead atoms. The molecule has 0 saturated carbocycles. The zero-order valence-electron chi connectivity index (χ0n) is 14.6. The largest absolute Gasteiger partial charge is 0.387 e. The first-order valence-electron chi connectivity index (χ1n) is 8.30. The Balaban J connectivity index is 2.06. The van der Waals surface area contributed by atoms with Gasteiger partial charge >= 0.3 is 0 Å². The molecule has 0 radical (unpaired) electrons. The summed E-state index contributed by atoms with van der Waals surface area (Å²) >= 11 is 0. The molecule has 0 unspecified atom stereocenters. The van der Waals surface area contributed by atoms with Crippen molar-refractivity contribution in [2.24, 2.45) is 10.7 Å². The van der Waals surface area contributed by atoms with E-state index in [1.165, 1.54) is 0 Å². The van der Waals surface area contributed by atoms with Crippen LogP contribution < -0.4 is 11.1 Å². The maximum atomic E-state index is 15.0. The van der Waals surface area contributed by atoms with Crippen molar-refractivity contribution in [2.75, 3.05) is 5.32 Å².